The van der Waals surface area contributed by atoms with Gasteiger partial charge in [-0.05, 0) is 43.6 Å². The molecule has 3 rings (SSSR count). The van der Waals surface area contributed by atoms with Gasteiger partial charge in [-0.1, -0.05) is 12.1 Å². The highest BCUT2D eigenvalue weighted by Crippen LogP contribution is 2.31. The predicted molar refractivity (Wildman–Crippen MR) is 70.8 cm³/mol. The van der Waals surface area contributed by atoms with Gasteiger partial charge >= 0.3 is 0 Å². The van der Waals surface area contributed by atoms with E-state index in [1.807, 2.05) is 12.1 Å². The van der Waals surface area contributed by atoms with E-state index in [1.165, 1.54) is 0 Å². The Bertz CT molecular complexity index is 531. The molecule has 0 aromatic carbocycles. The minimum Gasteiger partial charge on any atom is -0.339 e. The van der Waals surface area contributed by atoms with Crippen LogP contribution in [0.15, 0.2) is 29.0 Å². The van der Waals surface area contributed by atoms with Crippen molar-refractivity contribution in [2.75, 3.05) is 13.1 Å². The lowest BCUT2D eigenvalue weighted by Crippen LogP contribution is -2.37. The van der Waals surface area contributed by atoms with Crippen molar-refractivity contribution in [1.82, 2.24) is 20.4 Å². The van der Waals surface area contributed by atoms with Crippen LogP contribution in [0.2, 0.25) is 0 Å². The smallest absolute Gasteiger partial charge is 0.232 e. The summed E-state index contributed by atoms with van der Waals surface area (Å²) in [5.41, 5.74) is 1.17. The fourth-order valence-corrected chi connectivity index (χ4v) is 2.45. The second kappa shape index (κ2) is 5.09. The van der Waals surface area contributed by atoms with E-state index in [0.29, 0.717) is 6.42 Å². The molecule has 1 fully saturated rings. The van der Waals surface area contributed by atoms with Gasteiger partial charge in [0.05, 0.1) is 0 Å². The van der Waals surface area contributed by atoms with Gasteiger partial charge in [-0.3, -0.25) is 4.98 Å². The molecule has 2 aromatic rings. The number of rotatable bonds is 3. The van der Waals surface area contributed by atoms with Crippen LogP contribution >= 0.6 is 0 Å². The Kier molecular flexibility index (Phi) is 3.29. The number of piperidine rings is 1. The summed E-state index contributed by atoms with van der Waals surface area (Å²) in [6.45, 7) is 4.23. The lowest BCUT2D eigenvalue weighted by atomic mass is 9.81. The summed E-state index contributed by atoms with van der Waals surface area (Å²) in [5.74, 6) is 1.53. The molecule has 1 saturated heterocycles. The fourth-order valence-electron chi connectivity index (χ4n) is 2.45. The summed E-state index contributed by atoms with van der Waals surface area (Å²) in [6, 6.07) is 3.95. The van der Waals surface area contributed by atoms with Crippen LogP contribution in [-0.4, -0.2) is 28.2 Å². The summed E-state index contributed by atoms with van der Waals surface area (Å²) in [4.78, 5) is 8.58. The van der Waals surface area contributed by atoms with Crippen molar-refractivity contribution in [3.05, 3.63) is 41.8 Å². The summed E-state index contributed by atoms with van der Waals surface area (Å²) in [6.07, 6.45) is 6.35. The SMILES string of the molecule is CC1(c2nc(Cc3ccncc3)no2)CCNCC1. The van der Waals surface area contributed by atoms with Crippen molar-refractivity contribution < 1.29 is 4.52 Å². The number of hydrogen-bond donors (Lipinski definition) is 1. The van der Waals surface area contributed by atoms with Crippen LogP contribution in [-0.2, 0) is 11.8 Å². The quantitative estimate of drug-likeness (QED) is 0.907. The zero-order valence-electron chi connectivity index (χ0n) is 11.1. The summed E-state index contributed by atoms with van der Waals surface area (Å²) < 4.78 is 5.47. The average Bonchev–Trinajstić information content (AvgIpc) is 2.90. The van der Waals surface area contributed by atoms with Gasteiger partial charge in [0.15, 0.2) is 5.82 Å². The number of aromatic nitrogens is 3. The third-order valence-corrected chi connectivity index (χ3v) is 3.80. The topological polar surface area (TPSA) is 63.8 Å². The molecule has 0 amide bonds. The molecule has 1 N–H and O–H groups in total. The minimum atomic E-state index is 0.0226. The van der Waals surface area contributed by atoms with Crippen molar-refractivity contribution in [1.29, 1.82) is 0 Å². The van der Waals surface area contributed by atoms with E-state index in [0.717, 1.165) is 43.2 Å². The zero-order valence-corrected chi connectivity index (χ0v) is 11.1. The van der Waals surface area contributed by atoms with Gasteiger partial charge in [0.25, 0.3) is 0 Å². The van der Waals surface area contributed by atoms with Gasteiger partial charge in [0.1, 0.15) is 0 Å². The monoisotopic (exact) mass is 258 g/mol. The first kappa shape index (κ1) is 12.3. The van der Waals surface area contributed by atoms with Crippen molar-refractivity contribution in [3.63, 3.8) is 0 Å². The second-order valence-corrected chi connectivity index (χ2v) is 5.36. The van der Waals surface area contributed by atoms with Crippen molar-refractivity contribution in [2.24, 2.45) is 0 Å². The molecule has 0 atom stereocenters. The van der Waals surface area contributed by atoms with Crippen LogP contribution in [0.1, 0.15) is 37.0 Å². The van der Waals surface area contributed by atoms with E-state index in [1.54, 1.807) is 12.4 Å². The van der Waals surface area contributed by atoms with E-state index in [9.17, 15) is 0 Å². The molecule has 0 bridgehead atoms. The van der Waals surface area contributed by atoms with Crippen LogP contribution in [0.3, 0.4) is 0 Å². The van der Waals surface area contributed by atoms with Crippen molar-refractivity contribution in [2.45, 2.75) is 31.6 Å². The Balaban J connectivity index is 1.76. The minimum absolute atomic E-state index is 0.0226. The van der Waals surface area contributed by atoms with Crippen LogP contribution in [0.5, 0.6) is 0 Å². The maximum atomic E-state index is 5.47. The molecule has 3 heterocycles. The van der Waals surface area contributed by atoms with Gasteiger partial charge < -0.3 is 9.84 Å². The van der Waals surface area contributed by atoms with Crippen LogP contribution < -0.4 is 5.32 Å². The average molecular weight is 258 g/mol. The fraction of sp³-hybridized carbons (Fsp3) is 0.500. The first-order valence-electron chi connectivity index (χ1n) is 6.69. The Hall–Kier alpha value is -1.75. The molecule has 0 radical (unpaired) electrons. The van der Waals surface area contributed by atoms with Crippen molar-refractivity contribution >= 4 is 0 Å². The molecule has 2 aromatic heterocycles. The molecule has 0 saturated carbocycles. The standard InChI is InChI=1S/C14H18N4O/c1-14(4-8-16-9-5-14)13-17-12(18-19-13)10-11-2-6-15-7-3-11/h2-3,6-7,16H,4-5,8-10H2,1H3. The number of pyridine rings is 1. The molecule has 0 spiro atoms. The molecule has 5 nitrogen and oxygen atoms in total. The number of hydrogen-bond acceptors (Lipinski definition) is 5. The van der Waals surface area contributed by atoms with Gasteiger partial charge in [-0.15, -0.1) is 0 Å². The third kappa shape index (κ3) is 2.66. The van der Waals surface area contributed by atoms with E-state index >= 15 is 0 Å². The maximum absolute atomic E-state index is 5.47. The number of nitrogens with one attached hydrogen (secondary N) is 1. The zero-order chi connectivity index (χ0) is 13.1. The Morgan fingerprint density at radius 1 is 1.26 bits per heavy atom. The lowest BCUT2D eigenvalue weighted by Gasteiger charge is -2.30. The Morgan fingerprint density at radius 3 is 2.74 bits per heavy atom. The molecule has 19 heavy (non-hydrogen) atoms. The van der Waals surface area contributed by atoms with E-state index in [-0.39, 0.29) is 5.41 Å². The Morgan fingerprint density at radius 2 is 2.00 bits per heavy atom. The molecule has 100 valence electrons. The highest BCUT2D eigenvalue weighted by atomic mass is 16.5. The molecule has 0 aliphatic carbocycles. The van der Waals surface area contributed by atoms with Gasteiger partial charge in [-0.2, -0.15) is 4.98 Å². The maximum Gasteiger partial charge on any atom is 0.232 e. The van der Waals surface area contributed by atoms with Gasteiger partial charge in [0.2, 0.25) is 5.89 Å². The molecule has 0 unspecified atom stereocenters. The molecular weight excluding hydrogens is 240 g/mol. The normalized spacial score (nSPS) is 18.4. The van der Waals surface area contributed by atoms with Gasteiger partial charge in [-0.25, -0.2) is 0 Å². The van der Waals surface area contributed by atoms with Gasteiger partial charge in [0, 0.05) is 24.2 Å². The largest absolute Gasteiger partial charge is 0.339 e. The van der Waals surface area contributed by atoms with Crippen molar-refractivity contribution in [3.8, 4) is 0 Å². The molecule has 1 aliphatic rings. The highest BCUT2D eigenvalue weighted by Gasteiger charge is 2.34. The Labute approximate surface area is 112 Å². The van der Waals surface area contributed by atoms with E-state index < -0.39 is 0 Å². The number of nitrogens with zero attached hydrogens (tertiary/aromatic N) is 3. The molecule has 5 heteroatoms. The lowest BCUT2D eigenvalue weighted by molar-refractivity contribution is 0.240. The summed E-state index contributed by atoms with van der Waals surface area (Å²) in [7, 11) is 0. The summed E-state index contributed by atoms with van der Waals surface area (Å²) in [5, 5.41) is 7.46. The predicted octanol–water partition coefficient (Wildman–Crippen LogP) is 1.70. The first-order valence-corrected chi connectivity index (χ1v) is 6.69. The summed E-state index contributed by atoms with van der Waals surface area (Å²) >= 11 is 0. The molecular formula is C14H18N4O. The van der Waals surface area contributed by atoms with Crippen LogP contribution in [0, 0.1) is 0 Å². The second-order valence-electron chi connectivity index (χ2n) is 5.36. The van der Waals surface area contributed by atoms with Crippen LogP contribution in [0.4, 0.5) is 0 Å². The first-order chi connectivity index (χ1) is 9.26. The third-order valence-electron chi connectivity index (χ3n) is 3.80. The molecule has 1 aliphatic heterocycles. The van der Waals surface area contributed by atoms with E-state index in [2.05, 4.69) is 27.4 Å². The van der Waals surface area contributed by atoms with E-state index in [4.69, 9.17) is 4.52 Å². The van der Waals surface area contributed by atoms with Crippen LogP contribution in [0.25, 0.3) is 0 Å². The highest BCUT2D eigenvalue weighted by molar-refractivity contribution is 5.15.